The van der Waals surface area contributed by atoms with Crippen molar-refractivity contribution >= 4 is 0 Å². The van der Waals surface area contributed by atoms with Gasteiger partial charge < -0.3 is 0 Å². The molecule has 0 amide bonds. The summed E-state index contributed by atoms with van der Waals surface area (Å²) in [7, 11) is 0. The number of pyridine rings is 1. The molecule has 0 unspecified atom stereocenters. The van der Waals surface area contributed by atoms with E-state index in [2.05, 4.69) is 47.7 Å². The number of hydrogen-bond acceptors (Lipinski definition) is 2. The first kappa shape index (κ1) is 11.8. The van der Waals surface area contributed by atoms with Crippen molar-refractivity contribution in [3.8, 4) is 0 Å². The molecule has 0 saturated carbocycles. The largest absolute Gasteiger partial charge is 0.263 e. The Hall–Kier alpha value is -1.64. The molecule has 3 nitrogen and oxygen atoms in total. The molecule has 0 spiro atoms. The van der Waals surface area contributed by atoms with Gasteiger partial charge in [0.2, 0.25) is 0 Å². The molecule has 0 aromatic carbocycles. The summed E-state index contributed by atoms with van der Waals surface area (Å²) in [4.78, 5) is 4.42. The molecule has 2 heterocycles. The van der Waals surface area contributed by atoms with Crippen molar-refractivity contribution in [2.24, 2.45) is 0 Å². The van der Waals surface area contributed by atoms with Crippen LogP contribution in [-0.2, 0) is 19.4 Å². The molecule has 0 radical (unpaired) electrons. The number of aryl methyl sites for hydroxylation is 3. The van der Waals surface area contributed by atoms with E-state index in [1.165, 1.54) is 11.3 Å². The number of nitrogens with zero attached hydrogens (tertiary/aromatic N) is 3. The van der Waals surface area contributed by atoms with Gasteiger partial charge in [0.15, 0.2) is 0 Å². The van der Waals surface area contributed by atoms with Crippen LogP contribution in [0.2, 0.25) is 0 Å². The van der Waals surface area contributed by atoms with Crippen molar-refractivity contribution < 1.29 is 0 Å². The summed E-state index contributed by atoms with van der Waals surface area (Å²) >= 11 is 0. The van der Waals surface area contributed by atoms with Gasteiger partial charge in [0.1, 0.15) is 0 Å². The van der Waals surface area contributed by atoms with Gasteiger partial charge in [0, 0.05) is 11.9 Å². The second-order valence-corrected chi connectivity index (χ2v) is 4.26. The van der Waals surface area contributed by atoms with Crippen LogP contribution in [-0.4, -0.2) is 14.8 Å². The highest BCUT2D eigenvalue weighted by Crippen LogP contribution is 2.11. The topological polar surface area (TPSA) is 30.7 Å². The highest BCUT2D eigenvalue weighted by Gasteiger charge is 2.07. The predicted molar refractivity (Wildman–Crippen MR) is 69.1 cm³/mol. The van der Waals surface area contributed by atoms with Crippen molar-refractivity contribution in [3.05, 3.63) is 47.0 Å². The second kappa shape index (κ2) is 5.13. The first-order valence-corrected chi connectivity index (χ1v) is 6.20. The summed E-state index contributed by atoms with van der Waals surface area (Å²) in [6.45, 7) is 7.17. The van der Waals surface area contributed by atoms with Gasteiger partial charge in [-0.15, -0.1) is 0 Å². The third kappa shape index (κ3) is 2.54. The quantitative estimate of drug-likeness (QED) is 0.807. The second-order valence-electron chi connectivity index (χ2n) is 4.26. The molecule has 2 aromatic heterocycles. The van der Waals surface area contributed by atoms with E-state index >= 15 is 0 Å². The Morgan fingerprint density at radius 1 is 1.24 bits per heavy atom. The SMILES string of the molecule is CCc1cc(CC)n(Cc2ncccc2C)n1. The van der Waals surface area contributed by atoms with E-state index in [0.29, 0.717) is 0 Å². The minimum Gasteiger partial charge on any atom is -0.263 e. The molecule has 0 aliphatic carbocycles. The van der Waals surface area contributed by atoms with E-state index in [4.69, 9.17) is 0 Å². The van der Waals surface area contributed by atoms with Gasteiger partial charge in [-0.3, -0.25) is 9.67 Å². The van der Waals surface area contributed by atoms with Gasteiger partial charge in [-0.25, -0.2) is 0 Å². The zero-order valence-corrected chi connectivity index (χ0v) is 10.8. The summed E-state index contributed by atoms with van der Waals surface area (Å²) in [5.74, 6) is 0. The lowest BCUT2D eigenvalue weighted by Crippen LogP contribution is -2.08. The molecule has 17 heavy (non-hydrogen) atoms. The average molecular weight is 229 g/mol. The molecule has 3 heteroatoms. The van der Waals surface area contributed by atoms with Gasteiger partial charge in [0.25, 0.3) is 0 Å². The fraction of sp³-hybridized carbons (Fsp3) is 0.429. The van der Waals surface area contributed by atoms with Crippen LogP contribution in [0.25, 0.3) is 0 Å². The predicted octanol–water partition coefficient (Wildman–Crippen LogP) is 2.76. The summed E-state index contributed by atoms with van der Waals surface area (Å²) in [6, 6.07) is 6.26. The third-order valence-electron chi connectivity index (χ3n) is 3.06. The Labute approximate surface area is 103 Å². The third-order valence-corrected chi connectivity index (χ3v) is 3.06. The Morgan fingerprint density at radius 2 is 2.06 bits per heavy atom. The van der Waals surface area contributed by atoms with Crippen molar-refractivity contribution in [1.29, 1.82) is 0 Å². The Morgan fingerprint density at radius 3 is 2.71 bits per heavy atom. The van der Waals surface area contributed by atoms with E-state index in [-0.39, 0.29) is 0 Å². The van der Waals surface area contributed by atoms with Crippen LogP contribution in [0, 0.1) is 6.92 Å². The molecule has 90 valence electrons. The molecule has 0 fully saturated rings. The van der Waals surface area contributed by atoms with Crippen LogP contribution in [0.5, 0.6) is 0 Å². The van der Waals surface area contributed by atoms with Crippen LogP contribution in [0.1, 0.15) is 36.5 Å². The summed E-state index contributed by atoms with van der Waals surface area (Å²) < 4.78 is 2.08. The molecule has 0 saturated heterocycles. The Kier molecular flexibility index (Phi) is 3.57. The van der Waals surface area contributed by atoms with Crippen molar-refractivity contribution in [1.82, 2.24) is 14.8 Å². The average Bonchev–Trinajstić information content (AvgIpc) is 2.74. The van der Waals surface area contributed by atoms with Gasteiger partial charge in [-0.2, -0.15) is 5.10 Å². The van der Waals surface area contributed by atoms with Crippen LogP contribution in [0.15, 0.2) is 24.4 Å². The summed E-state index contributed by atoms with van der Waals surface area (Å²) in [5, 5.41) is 4.61. The van der Waals surface area contributed by atoms with Crippen LogP contribution < -0.4 is 0 Å². The zero-order chi connectivity index (χ0) is 12.3. The number of hydrogen-bond donors (Lipinski definition) is 0. The fourth-order valence-electron chi connectivity index (χ4n) is 1.93. The molecule has 0 bridgehead atoms. The van der Waals surface area contributed by atoms with Gasteiger partial charge >= 0.3 is 0 Å². The summed E-state index contributed by atoms with van der Waals surface area (Å²) in [6.07, 6.45) is 3.85. The highest BCUT2D eigenvalue weighted by atomic mass is 15.3. The van der Waals surface area contributed by atoms with E-state index in [1.807, 2.05) is 12.3 Å². The van der Waals surface area contributed by atoms with Crippen molar-refractivity contribution in [3.63, 3.8) is 0 Å². The van der Waals surface area contributed by atoms with Crippen molar-refractivity contribution in [2.45, 2.75) is 40.2 Å². The monoisotopic (exact) mass is 229 g/mol. The minimum atomic E-state index is 0.774. The van der Waals surface area contributed by atoms with Crippen LogP contribution in [0.3, 0.4) is 0 Å². The van der Waals surface area contributed by atoms with Gasteiger partial charge in [0.05, 0.1) is 17.9 Å². The molecule has 0 N–H and O–H groups in total. The van der Waals surface area contributed by atoms with E-state index in [9.17, 15) is 0 Å². The molecular formula is C14H19N3. The first-order chi connectivity index (χ1) is 8.24. The molecule has 0 aliphatic heterocycles. The van der Waals surface area contributed by atoms with Crippen molar-refractivity contribution in [2.75, 3.05) is 0 Å². The maximum Gasteiger partial charge on any atom is 0.0837 e. The molecule has 0 atom stereocenters. The first-order valence-electron chi connectivity index (χ1n) is 6.20. The lowest BCUT2D eigenvalue weighted by molar-refractivity contribution is 0.627. The lowest BCUT2D eigenvalue weighted by atomic mass is 10.2. The summed E-state index contributed by atoms with van der Waals surface area (Å²) in [5.41, 5.74) is 4.78. The standard InChI is InChI=1S/C14H19N3/c1-4-12-9-13(5-2)17(16-12)10-14-11(3)7-6-8-15-14/h6-9H,4-5,10H2,1-3H3. The molecule has 2 aromatic rings. The lowest BCUT2D eigenvalue weighted by Gasteiger charge is -2.07. The molecular weight excluding hydrogens is 210 g/mol. The smallest absolute Gasteiger partial charge is 0.0837 e. The normalized spacial score (nSPS) is 10.8. The van der Waals surface area contributed by atoms with Crippen LogP contribution >= 0.6 is 0 Å². The molecule has 0 aliphatic rings. The molecule has 2 rings (SSSR count). The number of rotatable bonds is 4. The zero-order valence-electron chi connectivity index (χ0n) is 10.8. The van der Waals surface area contributed by atoms with E-state index in [1.54, 1.807) is 0 Å². The maximum absolute atomic E-state index is 4.61. The van der Waals surface area contributed by atoms with Gasteiger partial charge in [-0.05, 0) is 37.5 Å². The van der Waals surface area contributed by atoms with E-state index in [0.717, 1.165) is 30.8 Å². The fourth-order valence-corrected chi connectivity index (χ4v) is 1.93. The maximum atomic E-state index is 4.61. The Balaban J connectivity index is 2.29. The van der Waals surface area contributed by atoms with Crippen LogP contribution in [0.4, 0.5) is 0 Å². The Bertz CT molecular complexity index is 500. The minimum absolute atomic E-state index is 0.774. The van der Waals surface area contributed by atoms with E-state index < -0.39 is 0 Å². The highest BCUT2D eigenvalue weighted by molar-refractivity contribution is 5.19. The number of aromatic nitrogens is 3. The van der Waals surface area contributed by atoms with Gasteiger partial charge in [-0.1, -0.05) is 19.9 Å².